The molecule has 0 bridgehead atoms. The molecule has 8 heteroatoms. The number of rotatable bonds is 5. The van der Waals surface area contributed by atoms with Crippen LogP contribution in [0.2, 0.25) is 0 Å². The Bertz CT molecular complexity index is 1030. The lowest BCUT2D eigenvalue weighted by atomic mass is 10.1. The second-order valence-electron chi connectivity index (χ2n) is 7.03. The SMILES string of the molecule is CCN1CCN(Cc2ccc3c(ccn3S(=O)(=O)c3ccccc3)c2)CC1.Cl.Cl. The number of halogens is 2. The van der Waals surface area contributed by atoms with Gasteiger partial charge >= 0.3 is 0 Å². The van der Waals surface area contributed by atoms with Crippen molar-refractivity contribution in [2.75, 3.05) is 32.7 Å². The van der Waals surface area contributed by atoms with E-state index in [1.54, 1.807) is 30.5 Å². The van der Waals surface area contributed by atoms with E-state index in [1.807, 2.05) is 24.3 Å². The molecule has 1 aromatic heterocycles. The van der Waals surface area contributed by atoms with E-state index in [2.05, 4.69) is 22.8 Å². The van der Waals surface area contributed by atoms with Gasteiger partial charge in [0.25, 0.3) is 10.0 Å². The highest BCUT2D eigenvalue weighted by Gasteiger charge is 2.19. The lowest BCUT2D eigenvalue weighted by Crippen LogP contribution is -2.45. The van der Waals surface area contributed by atoms with Gasteiger partial charge in [-0.1, -0.05) is 31.2 Å². The van der Waals surface area contributed by atoms with Crippen molar-refractivity contribution >= 4 is 45.7 Å². The Hall–Kier alpha value is -1.57. The van der Waals surface area contributed by atoms with E-state index in [0.29, 0.717) is 4.90 Å². The number of benzene rings is 2. The Morgan fingerprint density at radius 2 is 1.52 bits per heavy atom. The van der Waals surface area contributed by atoms with Crippen molar-refractivity contribution in [1.29, 1.82) is 0 Å². The maximum Gasteiger partial charge on any atom is 0.268 e. The highest BCUT2D eigenvalue weighted by molar-refractivity contribution is 7.90. The lowest BCUT2D eigenvalue weighted by molar-refractivity contribution is 0.132. The van der Waals surface area contributed by atoms with Crippen LogP contribution in [-0.4, -0.2) is 54.9 Å². The molecule has 1 aliphatic heterocycles. The Kier molecular flexibility index (Phi) is 8.14. The summed E-state index contributed by atoms with van der Waals surface area (Å²) in [4.78, 5) is 5.24. The Labute approximate surface area is 185 Å². The van der Waals surface area contributed by atoms with Crippen LogP contribution in [0, 0.1) is 0 Å². The topological polar surface area (TPSA) is 45.5 Å². The second kappa shape index (κ2) is 9.96. The first-order chi connectivity index (χ1) is 13.1. The molecule has 0 aliphatic carbocycles. The van der Waals surface area contributed by atoms with Crippen molar-refractivity contribution < 1.29 is 8.42 Å². The van der Waals surface area contributed by atoms with Gasteiger partial charge in [-0.05, 0) is 42.4 Å². The molecule has 0 amide bonds. The van der Waals surface area contributed by atoms with Gasteiger partial charge in [-0.15, -0.1) is 24.8 Å². The maximum absolute atomic E-state index is 12.9. The first-order valence-corrected chi connectivity index (χ1v) is 10.9. The van der Waals surface area contributed by atoms with Gasteiger partial charge in [-0.25, -0.2) is 12.4 Å². The zero-order chi connectivity index (χ0) is 18.9. The Morgan fingerprint density at radius 3 is 2.17 bits per heavy atom. The molecular formula is C21H27Cl2N3O2S. The normalized spacial score (nSPS) is 15.6. The smallest absolute Gasteiger partial charge is 0.268 e. The molecule has 158 valence electrons. The summed E-state index contributed by atoms with van der Waals surface area (Å²) in [5.41, 5.74) is 1.95. The van der Waals surface area contributed by atoms with Crippen molar-refractivity contribution in [3.8, 4) is 0 Å². The molecule has 1 aliphatic rings. The summed E-state index contributed by atoms with van der Waals surface area (Å²) in [6.45, 7) is 8.62. The van der Waals surface area contributed by atoms with Gasteiger partial charge in [-0.3, -0.25) is 4.90 Å². The van der Waals surface area contributed by atoms with Gasteiger partial charge in [0.15, 0.2) is 0 Å². The highest BCUT2D eigenvalue weighted by Crippen LogP contribution is 2.24. The Morgan fingerprint density at radius 1 is 0.862 bits per heavy atom. The summed E-state index contributed by atoms with van der Waals surface area (Å²) in [7, 11) is -3.57. The van der Waals surface area contributed by atoms with Gasteiger partial charge in [0.2, 0.25) is 0 Å². The number of nitrogens with zero attached hydrogens (tertiary/aromatic N) is 3. The molecule has 0 spiro atoms. The number of hydrogen-bond donors (Lipinski definition) is 0. The first kappa shape index (κ1) is 23.7. The van der Waals surface area contributed by atoms with E-state index in [0.717, 1.165) is 50.2 Å². The largest absolute Gasteiger partial charge is 0.301 e. The number of aromatic nitrogens is 1. The quantitative estimate of drug-likeness (QED) is 0.585. The van der Waals surface area contributed by atoms with Crippen molar-refractivity contribution in [1.82, 2.24) is 13.8 Å². The van der Waals surface area contributed by atoms with E-state index in [9.17, 15) is 8.42 Å². The van der Waals surface area contributed by atoms with Crippen LogP contribution < -0.4 is 0 Å². The number of hydrogen-bond acceptors (Lipinski definition) is 4. The summed E-state index contributed by atoms with van der Waals surface area (Å²) in [6.07, 6.45) is 1.65. The third-order valence-corrected chi connectivity index (χ3v) is 7.04. The average molecular weight is 456 g/mol. The van der Waals surface area contributed by atoms with Crippen molar-refractivity contribution in [3.05, 3.63) is 66.4 Å². The minimum atomic E-state index is -3.57. The van der Waals surface area contributed by atoms with Crippen molar-refractivity contribution in [2.45, 2.75) is 18.4 Å². The zero-order valence-electron chi connectivity index (χ0n) is 16.4. The molecule has 0 saturated carbocycles. The van der Waals surface area contributed by atoms with Crippen LogP contribution in [0.15, 0.2) is 65.7 Å². The van der Waals surface area contributed by atoms with Crippen LogP contribution in [0.4, 0.5) is 0 Å². The van der Waals surface area contributed by atoms with Gasteiger partial charge in [0.1, 0.15) is 0 Å². The van der Waals surface area contributed by atoms with Gasteiger partial charge < -0.3 is 4.90 Å². The Balaban J connectivity index is 0.00000150. The van der Waals surface area contributed by atoms with Gasteiger partial charge in [0, 0.05) is 44.3 Å². The molecule has 1 saturated heterocycles. The fourth-order valence-electron chi connectivity index (χ4n) is 3.70. The van der Waals surface area contributed by atoms with Crippen LogP contribution in [0.5, 0.6) is 0 Å². The monoisotopic (exact) mass is 455 g/mol. The molecule has 0 atom stereocenters. The van der Waals surface area contributed by atoms with Crippen LogP contribution in [0.25, 0.3) is 10.9 Å². The molecule has 0 unspecified atom stereocenters. The molecule has 0 N–H and O–H groups in total. The molecule has 3 aromatic rings. The van der Waals surface area contributed by atoms with E-state index in [1.165, 1.54) is 9.54 Å². The third-order valence-electron chi connectivity index (χ3n) is 5.34. The van der Waals surface area contributed by atoms with Crippen LogP contribution >= 0.6 is 24.8 Å². The lowest BCUT2D eigenvalue weighted by Gasteiger charge is -2.34. The molecule has 2 heterocycles. The molecule has 4 rings (SSSR count). The van der Waals surface area contributed by atoms with Crippen molar-refractivity contribution in [2.24, 2.45) is 0 Å². The second-order valence-corrected chi connectivity index (χ2v) is 8.85. The predicted octanol–water partition coefficient (Wildman–Crippen LogP) is 3.86. The van der Waals surface area contributed by atoms with E-state index >= 15 is 0 Å². The fourth-order valence-corrected chi connectivity index (χ4v) is 5.08. The third kappa shape index (κ3) is 4.95. The fraction of sp³-hybridized carbons (Fsp3) is 0.333. The summed E-state index contributed by atoms with van der Waals surface area (Å²) in [5.74, 6) is 0. The summed E-state index contributed by atoms with van der Waals surface area (Å²) < 4.78 is 27.2. The zero-order valence-corrected chi connectivity index (χ0v) is 18.8. The van der Waals surface area contributed by atoms with Crippen molar-refractivity contribution in [3.63, 3.8) is 0 Å². The number of piperazine rings is 1. The minimum Gasteiger partial charge on any atom is -0.301 e. The molecule has 0 radical (unpaired) electrons. The van der Waals surface area contributed by atoms with Crippen LogP contribution in [0.3, 0.4) is 0 Å². The molecule has 5 nitrogen and oxygen atoms in total. The summed E-state index contributed by atoms with van der Waals surface area (Å²) >= 11 is 0. The summed E-state index contributed by atoms with van der Waals surface area (Å²) in [5, 5.41) is 0.958. The average Bonchev–Trinajstić information content (AvgIpc) is 3.13. The van der Waals surface area contributed by atoms with Crippen LogP contribution in [-0.2, 0) is 16.6 Å². The van der Waals surface area contributed by atoms with Gasteiger partial charge in [-0.2, -0.15) is 0 Å². The molecule has 29 heavy (non-hydrogen) atoms. The molecule has 1 fully saturated rings. The van der Waals surface area contributed by atoms with Gasteiger partial charge in [0.05, 0.1) is 10.4 Å². The number of fused-ring (bicyclic) bond motifs is 1. The molecule has 2 aromatic carbocycles. The highest BCUT2D eigenvalue weighted by atomic mass is 35.5. The molecular weight excluding hydrogens is 429 g/mol. The van der Waals surface area contributed by atoms with E-state index < -0.39 is 10.0 Å². The van der Waals surface area contributed by atoms with E-state index in [4.69, 9.17) is 0 Å². The maximum atomic E-state index is 12.9. The first-order valence-electron chi connectivity index (χ1n) is 9.43. The van der Waals surface area contributed by atoms with Crippen LogP contribution in [0.1, 0.15) is 12.5 Å². The minimum absolute atomic E-state index is 0. The summed E-state index contributed by atoms with van der Waals surface area (Å²) in [6, 6.07) is 16.5. The van der Waals surface area contributed by atoms with E-state index in [-0.39, 0.29) is 24.8 Å². The standard InChI is InChI=1S/C21H25N3O2S.2ClH/c1-2-22-12-14-23(15-13-22)17-18-8-9-21-19(16-18)10-11-24(21)27(25,26)20-6-4-3-5-7-20;;/h3-11,16H,2,12-15,17H2,1H3;2*1H. The predicted molar refractivity (Wildman–Crippen MR) is 123 cm³/mol. The number of likely N-dealkylation sites (N-methyl/N-ethyl adjacent to an activating group) is 1.